The van der Waals surface area contributed by atoms with E-state index in [1.165, 1.54) is 10.8 Å². The Morgan fingerprint density at radius 1 is 0.371 bits per heavy atom. The van der Waals surface area contributed by atoms with Gasteiger partial charge < -0.3 is 0 Å². The average molecular weight is 445 g/mol. The van der Waals surface area contributed by atoms with Crippen molar-refractivity contribution in [3.63, 3.8) is 0 Å². The van der Waals surface area contributed by atoms with Gasteiger partial charge in [0.15, 0.2) is 5.78 Å². The van der Waals surface area contributed by atoms with Gasteiger partial charge in [0.05, 0.1) is 0 Å². The van der Waals surface area contributed by atoms with Crippen molar-refractivity contribution in [1.29, 1.82) is 0 Å². The minimum absolute atomic E-state index is 0.164. The van der Waals surface area contributed by atoms with Gasteiger partial charge in [-0.05, 0) is 84.8 Å². The first kappa shape index (κ1) is 18.9. The molecule has 1 heteroatoms. The van der Waals surface area contributed by atoms with Crippen LogP contribution in [0.1, 0.15) is 27.0 Å². The average Bonchev–Trinajstić information content (AvgIpc) is 3.20. The number of ketones is 1. The molecule has 0 aliphatic heterocycles. The summed E-state index contributed by atoms with van der Waals surface area (Å²) in [6.45, 7) is 0. The maximum Gasteiger partial charge on any atom is 0.182 e. The number of Topliss-reactive ketones (excluding diaryl/α,β-unsaturated/α-hetero) is 1. The summed E-state index contributed by atoms with van der Waals surface area (Å²) in [7, 11) is 0. The lowest BCUT2D eigenvalue weighted by Gasteiger charge is -2.38. The molecule has 162 valence electrons. The van der Waals surface area contributed by atoms with Crippen molar-refractivity contribution in [1.82, 2.24) is 0 Å². The van der Waals surface area contributed by atoms with Crippen molar-refractivity contribution < 1.29 is 4.79 Å². The SMILES string of the molecule is O=C1c2ccccc2-c2cc3ccccc3cc2C12c1ccccc1-c1cc3ccccc3cc12. The van der Waals surface area contributed by atoms with Crippen molar-refractivity contribution in [3.05, 3.63) is 144 Å². The highest BCUT2D eigenvalue weighted by Crippen LogP contribution is 2.59. The summed E-state index contributed by atoms with van der Waals surface area (Å²) < 4.78 is 0. The van der Waals surface area contributed by atoms with Crippen LogP contribution in [0.15, 0.2) is 121 Å². The van der Waals surface area contributed by atoms with Crippen molar-refractivity contribution in [2.75, 3.05) is 0 Å². The Kier molecular flexibility index (Phi) is 3.53. The fraction of sp³-hybridized carbons (Fsp3) is 0.0294. The fourth-order valence-electron chi connectivity index (χ4n) is 6.51. The standard InChI is InChI=1S/C34H20O/c35-33-27-15-6-5-13-25(27)28-17-21-9-1-3-11-23(21)19-31(28)34(33)30-16-8-7-14-26(30)29-18-22-10-2-4-12-24(22)20-32(29)34/h1-20H. The summed E-state index contributed by atoms with van der Waals surface area (Å²) in [6, 6.07) is 42.6. The van der Waals surface area contributed by atoms with Crippen LogP contribution in [0.3, 0.4) is 0 Å². The largest absolute Gasteiger partial charge is 0.292 e. The number of rotatable bonds is 0. The van der Waals surface area contributed by atoms with E-state index in [9.17, 15) is 4.79 Å². The molecule has 1 unspecified atom stereocenters. The lowest BCUT2D eigenvalue weighted by Crippen LogP contribution is -2.40. The molecule has 0 saturated heterocycles. The van der Waals surface area contributed by atoms with E-state index >= 15 is 0 Å². The number of hydrogen-bond acceptors (Lipinski definition) is 1. The summed E-state index contributed by atoms with van der Waals surface area (Å²) in [5.41, 5.74) is 7.67. The zero-order chi connectivity index (χ0) is 23.1. The van der Waals surface area contributed by atoms with E-state index < -0.39 is 5.41 Å². The second-order valence-electron chi connectivity index (χ2n) is 9.66. The molecule has 8 rings (SSSR count). The lowest BCUT2D eigenvalue weighted by atomic mass is 9.61. The molecule has 0 heterocycles. The third-order valence-corrected chi connectivity index (χ3v) is 8.00. The molecule has 1 nitrogen and oxygen atoms in total. The van der Waals surface area contributed by atoms with E-state index in [1.807, 2.05) is 18.2 Å². The van der Waals surface area contributed by atoms with Crippen molar-refractivity contribution in [3.8, 4) is 22.3 Å². The van der Waals surface area contributed by atoms with E-state index in [2.05, 4.69) is 103 Å². The normalized spacial score (nSPS) is 17.3. The maximum absolute atomic E-state index is 14.8. The van der Waals surface area contributed by atoms with E-state index in [0.29, 0.717) is 0 Å². The second kappa shape index (κ2) is 6.55. The van der Waals surface area contributed by atoms with Gasteiger partial charge in [-0.25, -0.2) is 0 Å². The number of carbonyl (C=O) groups excluding carboxylic acids is 1. The van der Waals surface area contributed by atoms with Gasteiger partial charge in [0.25, 0.3) is 0 Å². The van der Waals surface area contributed by atoms with Crippen LogP contribution in [0.2, 0.25) is 0 Å². The lowest BCUT2D eigenvalue weighted by molar-refractivity contribution is 0.0935. The molecular formula is C34H20O. The van der Waals surface area contributed by atoms with Crippen LogP contribution in [-0.2, 0) is 5.41 Å². The first-order chi connectivity index (χ1) is 17.3. The van der Waals surface area contributed by atoms with Gasteiger partial charge in [-0.1, -0.05) is 97.1 Å². The molecule has 0 aromatic heterocycles. The van der Waals surface area contributed by atoms with Crippen molar-refractivity contribution in [2.24, 2.45) is 0 Å². The molecule has 2 aliphatic rings. The number of carbonyl (C=O) groups is 1. The van der Waals surface area contributed by atoms with Gasteiger partial charge in [0.1, 0.15) is 5.41 Å². The van der Waals surface area contributed by atoms with Crippen LogP contribution in [0.5, 0.6) is 0 Å². The van der Waals surface area contributed by atoms with Crippen LogP contribution in [0, 0.1) is 0 Å². The quantitative estimate of drug-likeness (QED) is 0.231. The highest BCUT2D eigenvalue weighted by molar-refractivity contribution is 6.21. The van der Waals surface area contributed by atoms with Gasteiger partial charge in [0, 0.05) is 5.56 Å². The predicted molar refractivity (Wildman–Crippen MR) is 143 cm³/mol. The Labute approximate surface area is 203 Å². The Morgan fingerprint density at radius 3 is 1.40 bits per heavy atom. The van der Waals surface area contributed by atoms with Gasteiger partial charge in [-0.15, -0.1) is 0 Å². The predicted octanol–water partition coefficient (Wildman–Crippen LogP) is 8.17. The molecular weight excluding hydrogens is 424 g/mol. The Morgan fingerprint density at radius 2 is 0.800 bits per heavy atom. The molecule has 0 amide bonds. The molecule has 0 N–H and O–H groups in total. The molecule has 2 aliphatic carbocycles. The summed E-state index contributed by atoms with van der Waals surface area (Å²) in [5.74, 6) is 0.164. The Balaban J connectivity index is 1.61. The van der Waals surface area contributed by atoms with E-state index in [0.717, 1.165) is 55.3 Å². The van der Waals surface area contributed by atoms with Crippen molar-refractivity contribution >= 4 is 27.3 Å². The third-order valence-electron chi connectivity index (χ3n) is 8.00. The molecule has 35 heavy (non-hydrogen) atoms. The zero-order valence-corrected chi connectivity index (χ0v) is 19.0. The van der Waals surface area contributed by atoms with E-state index in [1.54, 1.807) is 0 Å². The van der Waals surface area contributed by atoms with Gasteiger partial charge in [-0.2, -0.15) is 0 Å². The smallest absolute Gasteiger partial charge is 0.182 e. The first-order valence-corrected chi connectivity index (χ1v) is 12.1. The molecule has 0 bridgehead atoms. The summed E-state index contributed by atoms with van der Waals surface area (Å²) in [6.07, 6.45) is 0. The monoisotopic (exact) mass is 444 g/mol. The van der Waals surface area contributed by atoms with Gasteiger partial charge >= 0.3 is 0 Å². The Hall–Kier alpha value is -4.49. The molecule has 0 saturated carbocycles. The highest BCUT2D eigenvalue weighted by Gasteiger charge is 2.54. The number of benzene rings is 6. The summed E-state index contributed by atoms with van der Waals surface area (Å²) in [5, 5.41) is 4.70. The maximum atomic E-state index is 14.8. The summed E-state index contributed by atoms with van der Waals surface area (Å²) in [4.78, 5) is 14.8. The second-order valence-corrected chi connectivity index (χ2v) is 9.66. The molecule has 1 atom stereocenters. The van der Waals surface area contributed by atoms with Crippen LogP contribution in [0.25, 0.3) is 43.8 Å². The van der Waals surface area contributed by atoms with Crippen LogP contribution in [0.4, 0.5) is 0 Å². The molecule has 0 fully saturated rings. The topological polar surface area (TPSA) is 17.1 Å². The van der Waals surface area contributed by atoms with Crippen LogP contribution < -0.4 is 0 Å². The highest BCUT2D eigenvalue weighted by atomic mass is 16.1. The molecule has 6 aromatic rings. The van der Waals surface area contributed by atoms with E-state index in [-0.39, 0.29) is 5.78 Å². The van der Waals surface area contributed by atoms with E-state index in [4.69, 9.17) is 0 Å². The first-order valence-electron chi connectivity index (χ1n) is 12.1. The minimum Gasteiger partial charge on any atom is -0.292 e. The minimum atomic E-state index is -0.871. The molecule has 6 aromatic carbocycles. The summed E-state index contributed by atoms with van der Waals surface area (Å²) >= 11 is 0. The zero-order valence-electron chi connectivity index (χ0n) is 19.0. The number of fused-ring (bicyclic) bond motifs is 11. The molecule has 1 spiro atoms. The molecule has 0 radical (unpaired) electrons. The van der Waals surface area contributed by atoms with Crippen LogP contribution in [-0.4, -0.2) is 5.78 Å². The van der Waals surface area contributed by atoms with Gasteiger partial charge in [0.2, 0.25) is 0 Å². The third kappa shape index (κ3) is 2.26. The fourth-order valence-corrected chi connectivity index (χ4v) is 6.51. The van der Waals surface area contributed by atoms with Crippen LogP contribution >= 0.6 is 0 Å². The van der Waals surface area contributed by atoms with Gasteiger partial charge in [-0.3, -0.25) is 4.79 Å². The Bertz CT molecular complexity index is 1880. The number of hydrogen-bond donors (Lipinski definition) is 0. The van der Waals surface area contributed by atoms with Crippen molar-refractivity contribution in [2.45, 2.75) is 5.41 Å².